The Balaban J connectivity index is 1.38. The molecule has 0 bridgehead atoms. The monoisotopic (exact) mass is 343 g/mol. The molecular formula is C19H25N3O3. The molecule has 0 aromatic heterocycles. The molecule has 1 aromatic rings. The van der Waals surface area contributed by atoms with E-state index in [4.69, 9.17) is 0 Å². The lowest BCUT2D eigenvalue weighted by molar-refractivity contribution is -0.130. The fourth-order valence-electron chi connectivity index (χ4n) is 3.67. The van der Waals surface area contributed by atoms with E-state index in [1.807, 2.05) is 23.1 Å². The Morgan fingerprint density at radius 2 is 1.72 bits per heavy atom. The van der Waals surface area contributed by atoms with Crippen molar-refractivity contribution in [1.29, 1.82) is 0 Å². The van der Waals surface area contributed by atoms with Gasteiger partial charge in [0, 0.05) is 37.7 Å². The van der Waals surface area contributed by atoms with E-state index < -0.39 is 0 Å². The van der Waals surface area contributed by atoms with Crippen molar-refractivity contribution in [3.8, 4) is 0 Å². The second-order valence-corrected chi connectivity index (χ2v) is 6.80. The number of benzene rings is 1. The molecular weight excluding hydrogens is 318 g/mol. The number of carbonyl (C=O) groups is 3. The molecule has 1 heterocycles. The van der Waals surface area contributed by atoms with Crippen molar-refractivity contribution in [2.24, 2.45) is 5.92 Å². The summed E-state index contributed by atoms with van der Waals surface area (Å²) in [7, 11) is 0. The van der Waals surface area contributed by atoms with Crippen LogP contribution in [0.1, 0.15) is 42.5 Å². The molecule has 3 rings (SSSR count). The zero-order chi connectivity index (χ0) is 17.6. The minimum atomic E-state index is -0.266. The van der Waals surface area contributed by atoms with Crippen molar-refractivity contribution in [3.05, 3.63) is 35.9 Å². The first kappa shape index (κ1) is 17.5. The van der Waals surface area contributed by atoms with Gasteiger partial charge in [0.05, 0.1) is 5.92 Å². The molecule has 1 saturated heterocycles. The van der Waals surface area contributed by atoms with Crippen LogP contribution >= 0.6 is 0 Å². The number of carbonyl (C=O) groups excluding carboxylic acids is 3. The Bertz CT molecular complexity index is 626. The fourth-order valence-corrected chi connectivity index (χ4v) is 3.67. The number of hydrogen-bond donors (Lipinski definition) is 2. The summed E-state index contributed by atoms with van der Waals surface area (Å²) in [5.41, 5.74) is 0.599. The topological polar surface area (TPSA) is 78.5 Å². The van der Waals surface area contributed by atoms with Gasteiger partial charge in [0.15, 0.2) is 0 Å². The second-order valence-electron chi connectivity index (χ2n) is 6.80. The average Bonchev–Trinajstić information content (AvgIpc) is 3.28. The van der Waals surface area contributed by atoms with Gasteiger partial charge in [0.1, 0.15) is 0 Å². The number of hydrogen-bond acceptors (Lipinski definition) is 3. The van der Waals surface area contributed by atoms with Crippen molar-refractivity contribution >= 4 is 17.7 Å². The Labute approximate surface area is 148 Å². The van der Waals surface area contributed by atoms with Crippen molar-refractivity contribution < 1.29 is 14.4 Å². The van der Waals surface area contributed by atoms with Crippen LogP contribution in [0.4, 0.5) is 0 Å². The van der Waals surface area contributed by atoms with E-state index in [0.717, 1.165) is 12.8 Å². The zero-order valence-electron chi connectivity index (χ0n) is 14.4. The Morgan fingerprint density at radius 3 is 2.44 bits per heavy atom. The van der Waals surface area contributed by atoms with Crippen LogP contribution in [0.5, 0.6) is 0 Å². The van der Waals surface area contributed by atoms with Crippen molar-refractivity contribution in [1.82, 2.24) is 15.5 Å². The highest BCUT2D eigenvalue weighted by molar-refractivity contribution is 5.94. The smallest absolute Gasteiger partial charge is 0.251 e. The standard InChI is InChI=1S/C19H25N3O3/c23-17-12-15(13-22(17)16-8-4-5-9-16)19(25)21-11-10-20-18(24)14-6-2-1-3-7-14/h1-3,6-7,15-16H,4-5,8-13H2,(H,20,24)(H,21,25)/t15-/m1/s1. The minimum absolute atomic E-state index is 0.0946. The first-order valence-corrected chi connectivity index (χ1v) is 9.05. The molecule has 2 aliphatic rings. The Hall–Kier alpha value is -2.37. The Kier molecular flexibility index (Phi) is 5.68. The van der Waals surface area contributed by atoms with Crippen LogP contribution in [0.2, 0.25) is 0 Å². The highest BCUT2D eigenvalue weighted by Gasteiger charge is 2.38. The summed E-state index contributed by atoms with van der Waals surface area (Å²) in [6, 6.07) is 9.30. The Morgan fingerprint density at radius 1 is 1.04 bits per heavy atom. The number of rotatable bonds is 6. The summed E-state index contributed by atoms with van der Waals surface area (Å²) in [6.07, 6.45) is 4.77. The van der Waals surface area contributed by atoms with Gasteiger partial charge in [-0.3, -0.25) is 14.4 Å². The highest BCUT2D eigenvalue weighted by Crippen LogP contribution is 2.29. The molecule has 0 radical (unpaired) electrons. The molecule has 0 unspecified atom stereocenters. The molecule has 2 fully saturated rings. The quantitative estimate of drug-likeness (QED) is 0.765. The minimum Gasteiger partial charge on any atom is -0.354 e. The zero-order valence-corrected chi connectivity index (χ0v) is 14.4. The van der Waals surface area contributed by atoms with E-state index in [0.29, 0.717) is 37.7 Å². The van der Waals surface area contributed by atoms with Crippen molar-refractivity contribution in [2.45, 2.75) is 38.1 Å². The number of amides is 3. The average molecular weight is 343 g/mol. The molecule has 3 amide bonds. The highest BCUT2D eigenvalue weighted by atomic mass is 16.2. The maximum absolute atomic E-state index is 12.3. The van der Waals surface area contributed by atoms with Crippen LogP contribution in [0.3, 0.4) is 0 Å². The predicted octanol–water partition coefficient (Wildman–Crippen LogP) is 1.32. The third-order valence-electron chi connectivity index (χ3n) is 5.04. The van der Waals surface area contributed by atoms with Gasteiger partial charge < -0.3 is 15.5 Å². The van der Waals surface area contributed by atoms with Gasteiger partial charge in [0.2, 0.25) is 11.8 Å². The van der Waals surface area contributed by atoms with Gasteiger partial charge in [-0.2, -0.15) is 0 Å². The van der Waals surface area contributed by atoms with Crippen LogP contribution in [0, 0.1) is 5.92 Å². The van der Waals surface area contributed by atoms with E-state index in [1.54, 1.807) is 12.1 Å². The summed E-state index contributed by atoms with van der Waals surface area (Å²) in [5, 5.41) is 5.61. The van der Waals surface area contributed by atoms with Gasteiger partial charge >= 0.3 is 0 Å². The fraction of sp³-hybridized carbons (Fsp3) is 0.526. The van der Waals surface area contributed by atoms with E-state index in [2.05, 4.69) is 10.6 Å². The maximum Gasteiger partial charge on any atom is 0.251 e. The summed E-state index contributed by atoms with van der Waals surface area (Å²) < 4.78 is 0. The van der Waals surface area contributed by atoms with Crippen LogP contribution in [-0.2, 0) is 9.59 Å². The molecule has 1 atom stereocenters. The van der Waals surface area contributed by atoms with E-state index >= 15 is 0 Å². The number of nitrogens with zero attached hydrogens (tertiary/aromatic N) is 1. The van der Waals surface area contributed by atoms with Crippen LogP contribution in [0.25, 0.3) is 0 Å². The van der Waals surface area contributed by atoms with E-state index in [9.17, 15) is 14.4 Å². The van der Waals surface area contributed by atoms with Crippen LogP contribution < -0.4 is 10.6 Å². The largest absolute Gasteiger partial charge is 0.354 e. The molecule has 25 heavy (non-hydrogen) atoms. The predicted molar refractivity (Wildman–Crippen MR) is 93.9 cm³/mol. The first-order valence-electron chi connectivity index (χ1n) is 9.05. The van der Waals surface area contributed by atoms with Crippen LogP contribution in [-0.4, -0.2) is 48.3 Å². The van der Waals surface area contributed by atoms with Crippen molar-refractivity contribution in [3.63, 3.8) is 0 Å². The second kappa shape index (κ2) is 8.14. The summed E-state index contributed by atoms with van der Waals surface area (Å²) in [6.45, 7) is 1.27. The van der Waals surface area contributed by atoms with Crippen molar-refractivity contribution in [2.75, 3.05) is 19.6 Å². The number of nitrogens with one attached hydrogen (secondary N) is 2. The molecule has 1 aromatic carbocycles. The lowest BCUT2D eigenvalue weighted by Gasteiger charge is -2.23. The van der Waals surface area contributed by atoms with Gasteiger partial charge in [-0.25, -0.2) is 0 Å². The molecule has 1 aliphatic carbocycles. The lowest BCUT2D eigenvalue weighted by atomic mass is 10.1. The summed E-state index contributed by atoms with van der Waals surface area (Å²) in [5.74, 6) is -0.413. The molecule has 1 aliphatic heterocycles. The normalized spacial score (nSPS) is 20.7. The summed E-state index contributed by atoms with van der Waals surface area (Å²) in [4.78, 5) is 38.2. The number of likely N-dealkylation sites (tertiary alicyclic amines) is 1. The third-order valence-corrected chi connectivity index (χ3v) is 5.04. The van der Waals surface area contributed by atoms with Crippen LogP contribution in [0.15, 0.2) is 30.3 Å². The first-order chi connectivity index (χ1) is 12.1. The van der Waals surface area contributed by atoms with E-state index in [1.165, 1.54) is 12.8 Å². The molecule has 2 N–H and O–H groups in total. The molecule has 6 nitrogen and oxygen atoms in total. The van der Waals surface area contributed by atoms with Gasteiger partial charge in [-0.1, -0.05) is 31.0 Å². The maximum atomic E-state index is 12.3. The third kappa shape index (κ3) is 4.38. The molecule has 134 valence electrons. The molecule has 1 saturated carbocycles. The van der Waals surface area contributed by atoms with E-state index in [-0.39, 0.29) is 23.6 Å². The molecule has 0 spiro atoms. The lowest BCUT2D eigenvalue weighted by Crippen LogP contribution is -2.39. The summed E-state index contributed by atoms with van der Waals surface area (Å²) >= 11 is 0. The molecule has 6 heteroatoms. The van der Waals surface area contributed by atoms with Gasteiger partial charge in [0.25, 0.3) is 5.91 Å². The van der Waals surface area contributed by atoms with Gasteiger partial charge in [-0.15, -0.1) is 0 Å². The van der Waals surface area contributed by atoms with Gasteiger partial charge in [-0.05, 0) is 25.0 Å². The SMILES string of the molecule is O=C(NCCNC(=O)[C@@H]1CC(=O)N(C2CCCC2)C1)c1ccccc1.